The lowest BCUT2D eigenvalue weighted by molar-refractivity contribution is -0.122. The fourth-order valence-corrected chi connectivity index (χ4v) is 6.48. The summed E-state index contributed by atoms with van der Waals surface area (Å²) in [6.07, 6.45) is 5.08. The number of carbonyl (C=O) groups is 4. The van der Waals surface area contributed by atoms with Crippen LogP contribution in [-0.4, -0.2) is 35.2 Å². The maximum absolute atomic E-state index is 13.4. The summed E-state index contributed by atoms with van der Waals surface area (Å²) in [5.41, 5.74) is 5.01. The minimum Gasteiger partial charge on any atom is -0.454 e. The molecule has 7 nitrogen and oxygen atoms in total. The van der Waals surface area contributed by atoms with E-state index in [0.29, 0.717) is 46.3 Å². The molecule has 0 radical (unpaired) electrons. The summed E-state index contributed by atoms with van der Waals surface area (Å²) < 4.78 is 6.30. The molecule has 2 aliphatic rings. The van der Waals surface area contributed by atoms with Crippen molar-refractivity contribution in [3.8, 4) is 22.4 Å². The van der Waals surface area contributed by atoms with Crippen molar-refractivity contribution < 1.29 is 23.9 Å². The third-order valence-electron chi connectivity index (χ3n) is 8.57. The molecule has 0 N–H and O–H groups in total. The van der Waals surface area contributed by atoms with E-state index >= 15 is 0 Å². The Morgan fingerprint density at radius 3 is 2.07 bits per heavy atom. The normalized spacial score (nSPS) is 17.3. The van der Waals surface area contributed by atoms with Gasteiger partial charge in [0.15, 0.2) is 12.4 Å². The van der Waals surface area contributed by atoms with Gasteiger partial charge in [0.25, 0.3) is 0 Å². The molecule has 1 aliphatic heterocycles. The summed E-state index contributed by atoms with van der Waals surface area (Å²) in [6, 6.07) is 31.1. The number of hydrogen-bond acceptors (Lipinski definition) is 6. The van der Waals surface area contributed by atoms with Gasteiger partial charge in [-0.25, -0.2) is 9.78 Å². The molecule has 2 amide bonds. The molecular formula is C38H27BrN2O5. The number of halogens is 1. The Morgan fingerprint density at radius 2 is 1.39 bits per heavy atom. The van der Waals surface area contributed by atoms with Crippen LogP contribution in [-0.2, 0) is 14.3 Å². The number of allylic oxidation sites excluding steroid dienone is 2. The lowest BCUT2D eigenvalue weighted by Gasteiger charge is -2.15. The van der Waals surface area contributed by atoms with Crippen LogP contribution >= 0.6 is 15.9 Å². The fourth-order valence-electron chi connectivity index (χ4n) is 6.12. The lowest BCUT2D eigenvalue weighted by Crippen LogP contribution is -2.30. The van der Waals surface area contributed by atoms with Gasteiger partial charge in [-0.15, -0.1) is 0 Å². The predicted molar refractivity (Wildman–Crippen MR) is 179 cm³/mol. The van der Waals surface area contributed by atoms with Gasteiger partial charge in [0.05, 0.1) is 34.3 Å². The SMILES string of the molecule is O=C(COC(=O)c1cc(-c2ccc(N3C(=O)C4CC=CCC4C3=O)cc2)nc2ccc(Br)cc12)c1ccc(-c2ccccc2)cc1. The highest BCUT2D eigenvalue weighted by atomic mass is 79.9. The Morgan fingerprint density at radius 1 is 0.761 bits per heavy atom. The first-order valence-corrected chi connectivity index (χ1v) is 15.8. The molecule has 8 heteroatoms. The molecule has 46 heavy (non-hydrogen) atoms. The molecule has 1 aromatic heterocycles. The third-order valence-corrected chi connectivity index (χ3v) is 9.06. The van der Waals surface area contributed by atoms with Crippen LogP contribution in [0.3, 0.4) is 0 Å². The summed E-state index contributed by atoms with van der Waals surface area (Å²) >= 11 is 3.47. The van der Waals surface area contributed by atoms with Crippen molar-refractivity contribution in [2.45, 2.75) is 12.8 Å². The second-order valence-electron chi connectivity index (χ2n) is 11.4. The highest BCUT2D eigenvalue weighted by Crippen LogP contribution is 2.38. The van der Waals surface area contributed by atoms with E-state index in [9.17, 15) is 19.2 Å². The summed E-state index contributed by atoms with van der Waals surface area (Å²) in [5, 5.41) is 0.573. The molecule has 0 saturated carbocycles. The number of carbonyl (C=O) groups excluding carboxylic acids is 4. The molecule has 0 bridgehead atoms. The van der Waals surface area contributed by atoms with Gasteiger partial charge in [-0.3, -0.25) is 19.3 Å². The first kappa shape index (κ1) is 29.5. The minimum absolute atomic E-state index is 0.173. The van der Waals surface area contributed by atoms with E-state index in [0.717, 1.165) is 15.6 Å². The molecular weight excluding hydrogens is 644 g/mol. The number of pyridine rings is 1. The minimum atomic E-state index is -0.651. The van der Waals surface area contributed by atoms with Crippen LogP contribution in [0.2, 0.25) is 0 Å². The van der Waals surface area contributed by atoms with Crippen LogP contribution in [0, 0.1) is 11.8 Å². The largest absolute Gasteiger partial charge is 0.454 e. The van der Waals surface area contributed by atoms with Crippen LogP contribution < -0.4 is 4.90 Å². The zero-order chi connectivity index (χ0) is 31.8. The second kappa shape index (κ2) is 12.3. The predicted octanol–water partition coefficient (Wildman–Crippen LogP) is 7.83. The average Bonchev–Trinajstić information content (AvgIpc) is 3.36. The highest BCUT2D eigenvalue weighted by molar-refractivity contribution is 9.10. The Balaban J connectivity index is 1.12. The number of rotatable bonds is 7. The van der Waals surface area contributed by atoms with Crippen molar-refractivity contribution >= 4 is 56.1 Å². The maximum Gasteiger partial charge on any atom is 0.339 e. The van der Waals surface area contributed by atoms with Crippen molar-refractivity contribution in [3.63, 3.8) is 0 Å². The number of Topliss-reactive ketones (excluding diaryl/α,β-unsaturated/α-hetero) is 1. The number of imide groups is 1. The summed E-state index contributed by atoms with van der Waals surface area (Å²) in [6.45, 7) is -0.416. The van der Waals surface area contributed by atoms with E-state index in [1.54, 1.807) is 54.6 Å². The van der Waals surface area contributed by atoms with Crippen molar-refractivity contribution in [1.82, 2.24) is 4.98 Å². The molecule has 5 aromatic rings. The number of ketones is 1. The zero-order valence-electron chi connectivity index (χ0n) is 24.6. The van der Waals surface area contributed by atoms with Crippen LogP contribution in [0.4, 0.5) is 5.69 Å². The Hall–Kier alpha value is -5.21. The van der Waals surface area contributed by atoms with Gasteiger partial charge in [-0.2, -0.15) is 0 Å². The van der Waals surface area contributed by atoms with E-state index in [1.165, 1.54) is 4.90 Å². The first-order chi connectivity index (χ1) is 22.4. The summed E-state index contributed by atoms with van der Waals surface area (Å²) in [4.78, 5) is 58.6. The van der Waals surface area contributed by atoms with Crippen LogP contribution in [0.1, 0.15) is 33.6 Å². The standard InChI is InChI=1S/C38H27BrN2O5/c39-27-16-19-33-31(20-27)32(38(45)46-22-35(42)26-12-10-24(11-13-26)23-6-2-1-3-7-23)21-34(40-33)25-14-17-28(18-15-25)41-36(43)29-8-4-5-9-30(29)37(41)44/h1-7,10-21,29-30H,8-9,22H2. The van der Waals surface area contributed by atoms with Gasteiger partial charge in [-0.1, -0.05) is 94.8 Å². The van der Waals surface area contributed by atoms with Gasteiger partial charge >= 0.3 is 5.97 Å². The summed E-state index contributed by atoms with van der Waals surface area (Å²) in [5.74, 6) is -1.94. The molecule has 4 aromatic carbocycles. The van der Waals surface area contributed by atoms with E-state index in [-0.39, 0.29) is 35.0 Å². The van der Waals surface area contributed by atoms with Gasteiger partial charge in [-0.05, 0) is 60.4 Å². The third kappa shape index (κ3) is 5.56. The van der Waals surface area contributed by atoms with E-state index in [4.69, 9.17) is 9.72 Å². The Labute approximate surface area is 273 Å². The van der Waals surface area contributed by atoms with Gasteiger partial charge in [0.2, 0.25) is 11.8 Å². The van der Waals surface area contributed by atoms with Crippen LogP contribution in [0.25, 0.3) is 33.3 Å². The summed E-state index contributed by atoms with van der Waals surface area (Å²) in [7, 11) is 0. The molecule has 0 spiro atoms. The smallest absolute Gasteiger partial charge is 0.339 e. The number of ether oxygens (including phenoxy) is 1. The number of esters is 1. The molecule has 2 atom stereocenters. The van der Waals surface area contributed by atoms with E-state index in [2.05, 4.69) is 15.9 Å². The Bertz CT molecular complexity index is 2010. The number of nitrogens with zero attached hydrogens (tertiary/aromatic N) is 2. The van der Waals surface area contributed by atoms with Crippen molar-refractivity contribution in [1.29, 1.82) is 0 Å². The molecule has 2 unspecified atom stereocenters. The zero-order valence-corrected chi connectivity index (χ0v) is 26.1. The lowest BCUT2D eigenvalue weighted by atomic mass is 9.85. The Kier molecular flexibility index (Phi) is 7.88. The topological polar surface area (TPSA) is 93.6 Å². The molecule has 226 valence electrons. The molecule has 7 rings (SSSR count). The van der Waals surface area contributed by atoms with Crippen LogP contribution in [0.15, 0.2) is 120 Å². The number of benzene rings is 4. The number of aromatic nitrogens is 1. The van der Waals surface area contributed by atoms with Gasteiger partial charge in [0.1, 0.15) is 0 Å². The van der Waals surface area contributed by atoms with E-state index < -0.39 is 12.6 Å². The second-order valence-corrected chi connectivity index (χ2v) is 12.3. The van der Waals surface area contributed by atoms with E-state index in [1.807, 2.05) is 60.7 Å². The molecule has 1 saturated heterocycles. The fraction of sp³-hybridized carbons (Fsp3) is 0.132. The van der Waals surface area contributed by atoms with Gasteiger partial charge in [0, 0.05) is 21.0 Å². The first-order valence-electron chi connectivity index (χ1n) is 15.0. The monoisotopic (exact) mass is 670 g/mol. The molecule has 2 heterocycles. The van der Waals surface area contributed by atoms with Gasteiger partial charge < -0.3 is 4.74 Å². The highest BCUT2D eigenvalue weighted by Gasteiger charge is 2.47. The number of anilines is 1. The van der Waals surface area contributed by atoms with Crippen molar-refractivity contribution in [2.24, 2.45) is 11.8 Å². The van der Waals surface area contributed by atoms with Crippen LogP contribution in [0.5, 0.6) is 0 Å². The number of fused-ring (bicyclic) bond motifs is 2. The van der Waals surface area contributed by atoms with Crippen molar-refractivity contribution in [3.05, 3.63) is 131 Å². The number of hydrogen-bond donors (Lipinski definition) is 0. The quantitative estimate of drug-likeness (QED) is 0.0758. The molecule has 1 fully saturated rings. The maximum atomic E-state index is 13.4. The number of amides is 2. The average molecular weight is 672 g/mol. The molecule has 1 aliphatic carbocycles. The van der Waals surface area contributed by atoms with Crippen molar-refractivity contribution in [2.75, 3.05) is 11.5 Å².